The van der Waals surface area contributed by atoms with Gasteiger partial charge in [0, 0.05) is 17.6 Å². The zero-order chi connectivity index (χ0) is 15.1. The van der Waals surface area contributed by atoms with Crippen molar-refractivity contribution >= 4 is 23.4 Å². The van der Waals surface area contributed by atoms with Crippen LogP contribution < -0.4 is 5.32 Å². The molecule has 1 N–H and O–H groups in total. The molecule has 0 bridgehead atoms. The lowest BCUT2D eigenvalue weighted by atomic mass is 10.1. The highest BCUT2D eigenvalue weighted by Gasteiger charge is 2.17. The summed E-state index contributed by atoms with van der Waals surface area (Å²) in [6.45, 7) is 6.21. The molecule has 0 aliphatic heterocycles. The molecule has 0 radical (unpaired) electrons. The topological polar surface area (TPSA) is 49.4 Å². The van der Waals surface area contributed by atoms with E-state index in [1.165, 1.54) is 4.90 Å². The van der Waals surface area contributed by atoms with E-state index in [4.69, 9.17) is 11.6 Å². The Morgan fingerprint density at radius 3 is 2.50 bits per heavy atom. The van der Waals surface area contributed by atoms with Gasteiger partial charge in [-0.1, -0.05) is 29.8 Å². The minimum atomic E-state index is -0.144. The fourth-order valence-corrected chi connectivity index (χ4v) is 2.04. The van der Waals surface area contributed by atoms with Gasteiger partial charge in [-0.2, -0.15) is 0 Å². The van der Waals surface area contributed by atoms with Crippen molar-refractivity contribution < 1.29 is 9.59 Å². The molecule has 0 atom stereocenters. The van der Waals surface area contributed by atoms with Gasteiger partial charge in [0.2, 0.25) is 11.8 Å². The summed E-state index contributed by atoms with van der Waals surface area (Å²) in [4.78, 5) is 25.4. The third-order valence-electron chi connectivity index (χ3n) is 2.82. The highest BCUT2D eigenvalue weighted by atomic mass is 35.5. The van der Waals surface area contributed by atoms with Crippen LogP contribution in [0.3, 0.4) is 0 Å². The van der Waals surface area contributed by atoms with Crippen LogP contribution in [0.4, 0.5) is 0 Å². The lowest BCUT2D eigenvalue weighted by Gasteiger charge is -2.21. The average molecular weight is 297 g/mol. The largest absolute Gasteiger partial charge is 0.352 e. The summed E-state index contributed by atoms with van der Waals surface area (Å²) in [6.07, 6.45) is 0.211. The Balaban J connectivity index is 2.64. The number of amides is 2. The van der Waals surface area contributed by atoms with E-state index in [1.54, 1.807) is 6.07 Å². The zero-order valence-corrected chi connectivity index (χ0v) is 12.9. The first-order chi connectivity index (χ1) is 9.43. The van der Waals surface area contributed by atoms with Crippen molar-refractivity contribution in [3.8, 4) is 0 Å². The van der Waals surface area contributed by atoms with Crippen molar-refractivity contribution in [2.45, 2.75) is 33.2 Å². The van der Waals surface area contributed by atoms with Crippen LogP contribution in [-0.2, 0) is 16.0 Å². The highest BCUT2D eigenvalue weighted by Crippen LogP contribution is 2.16. The Morgan fingerprint density at radius 1 is 1.30 bits per heavy atom. The SMILES string of the molecule is CCN(CC(=O)NC(C)C)C(=O)Cc1ccccc1Cl. The number of carbonyl (C=O) groups is 2. The molecule has 1 aromatic carbocycles. The van der Waals surface area contributed by atoms with Crippen LogP contribution in [0.5, 0.6) is 0 Å². The van der Waals surface area contributed by atoms with E-state index in [2.05, 4.69) is 5.32 Å². The van der Waals surface area contributed by atoms with Gasteiger partial charge in [-0.25, -0.2) is 0 Å². The second-order valence-electron chi connectivity index (χ2n) is 4.90. The molecular formula is C15H21ClN2O2. The highest BCUT2D eigenvalue weighted by molar-refractivity contribution is 6.31. The second-order valence-corrected chi connectivity index (χ2v) is 5.31. The molecule has 20 heavy (non-hydrogen) atoms. The van der Waals surface area contributed by atoms with E-state index in [0.717, 1.165) is 5.56 Å². The van der Waals surface area contributed by atoms with Gasteiger partial charge in [0.05, 0.1) is 13.0 Å². The Bertz CT molecular complexity index is 475. The Labute approximate surface area is 125 Å². The van der Waals surface area contributed by atoms with Crippen LogP contribution in [0, 0.1) is 0 Å². The molecule has 0 saturated heterocycles. The quantitative estimate of drug-likeness (QED) is 0.875. The van der Waals surface area contributed by atoms with E-state index in [1.807, 2.05) is 39.0 Å². The van der Waals surface area contributed by atoms with Gasteiger partial charge in [-0.05, 0) is 32.4 Å². The first kappa shape index (κ1) is 16.5. The number of hydrogen-bond acceptors (Lipinski definition) is 2. The Hall–Kier alpha value is -1.55. The van der Waals surface area contributed by atoms with Crippen molar-refractivity contribution in [3.63, 3.8) is 0 Å². The van der Waals surface area contributed by atoms with Crippen LogP contribution in [-0.4, -0.2) is 35.8 Å². The predicted molar refractivity (Wildman–Crippen MR) is 80.7 cm³/mol. The normalized spacial score (nSPS) is 10.4. The van der Waals surface area contributed by atoms with Crippen molar-refractivity contribution in [1.29, 1.82) is 0 Å². The summed E-state index contributed by atoms with van der Waals surface area (Å²) >= 11 is 6.04. The number of benzene rings is 1. The van der Waals surface area contributed by atoms with E-state index in [-0.39, 0.29) is 30.8 Å². The summed E-state index contributed by atoms with van der Waals surface area (Å²) in [5.41, 5.74) is 0.780. The zero-order valence-electron chi connectivity index (χ0n) is 12.1. The summed E-state index contributed by atoms with van der Waals surface area (Å²) in [7, 11) is 0. The monoisotopic (exact) mass is 296 g/mol. The van der Waals surface area contributed by atoms with Gasteiger partial charge in [-0.15, -0.1) is 0 Å². The van der Waals surface area contributed by atoms with E-state index in [9.17, 15) is 9.59 Å². The van der Waals surface area contributed by atoms with Gasteiger partial charge in [0.1, 0.15) is 0 Å². The van der Waals surface area contributed by atoms with E-state index >= 15 is 0 Å². The third-order valence-corrected chi connectivity index (χ3v) is 3.19. The molecule has 5 heteroatoms. The number of carbonyl (C=O) groups excluding carboxylic acids is 2. The van der Waals surface area contributed by atoms with Crippen molar-refractivity contribution in [2.24, 2.45) is 0 Å². The molecule has 0 heterocycles. The molecule has 0 aromatic heterocycles. The van der Waals surface area contributed by atoms with Crippen LogP contribution in [0.25, 0.3) is 0 Å². The maximum Gasteiger partial charge on any atom is 0.239 e. The van der Waals surface area contributed by atoms with Crippen LogP contribution in [0.1, 0.15) is 26.3 Å². The fraction of sp³-hybridized carbons (Fsp3) is 0.467. The van der Waals surface area contributed by atoms with Gasteiger partial charge < -0.3 is 10.2 Å². The number of likely N-dealkylation sites (N-methyl/N-ethyl adjacent to an activating group) is 1. The summed E-state index contributed by atoms with van der Waals surface area (Å²) < 4.78 is 0. The number of rotatable bonds is 6. The lowest BCUT2D eigenvalue weighted by molar-refractivity contribution is -0.135. The molecular weight excluding hydrogens is 276 g/mol. The van der Waals surface area contributed by atoms with Gasteiger partial charge >= 0.3 is 0 Å². The molecule has 4 nitrogen and oxygen atoms in total. The third kappa shape index (κ3) is 5.21. The smallest absolute Gasteiger partial charge is 0.239 e. The maximum atomic E-state index is 12.2. The standard InChI is InChI=1S/C15H21ClN2O2/c1-4-18(10-14(19)17-11(2)3)15(20)9-12-7-5-6-8-13(12)16/h5-8,11H,4,9-10H2,1-3H3,(H,17,19). The van der Waals surface area contributed by atoms with E-state index < -0.39 is 0 Å². The molecule has 110 valence electrons. The molecule has 1 rings (SSSR count). The summed E-state index contributed by atoms with van der Waals surface area (Å²) in [5, 5.41) is 3.35. The van der Waals surface area contributed by atoms with Gasteiger partial charge in [-0.3, -0.25) is 9.59 Å². The molecule has 0 aliphatic carbocycles. The first-order valence-corrected chi connectivity index (χ1v) is 7.12. The number of hydrogen-bond donors (Lipinski definition) is 1. The second kappa shape index (κ2) is 7.90. The fourth-order valence-electron chi connectivity index (χ4n) is 1.83. The average Bonchev–Trinajstić information content (AvgIpc) is 2.37. The molecule has 1 aromatic rings. The van der Waals surface area contributed by atoms with E-state index in [0.29, 0.717) is 11.6 Å². The molecule has 0 saturated carbocycles. The van der Waals surface area contributed by atoms with Crippen LogP contribution in [0.15, 0.2) is 24.3 Å². The molecule has 0 spiro atoms. The van der Waals surface area contributed by atoms with Crippen LogP contribution in [0.2, 0.25) is 5.02 Å². The summed E-state index contributed by atoms with van der Waals surface area (Å²) in [5.74, 6) is -0.242. The van der Waals surface area contributed by atoms with Crippen molar-refractivity contribution in [2.75, 3.05) is 13.1 Å². The van der Waals surface area contributed by atoms with Crippen molar-refractivity contribution in [1.82, 2.24) is 10.2 Å². The van der Waals surface area contributed by atoms with Crippen LogP contribution >= 0.6 is 11.6 Å². The minimum Gasteiger partial charge on any atom is -0.352 e. The number of nitrogens with one attached hydrogen (secondary N) is 1. The molecule has 2 amide bonds. The Kier molecular flexibility index (Phi) is 6.52. The summed E-state index contributed by atoms with van der Waals surface area (Å²) in [6, 6.07) is 7.31. The predicted octanol–water partition coefficient (Wildman–Crippen LogP) is 2.26. The lowest BCUT2D eigenvalue weighted by Crippen LogP contribution is -2.43. The van der Waals surface area contributed by atoms with Gasteiger partial charge in [0.15, 0.2) is 0 Å². The maximum absolute atomic E-state index is 12.2. The minimum absolute atomic E-state index is 0.0693. The number of halogens is 1. The molecule has 0 aliphatic rings. The molecule has 0 fully saturated rings. The molecule has 0 unspecified atom stereocenters. The van der Waals surface area contributed by atoms with Gasteiger partial charge in [0.25, 0.3) is 0 Å². The Morgan fingerprint density at radius 2 is 1.95 bits per heavy atom. The first-order valence-electron chi connectivity index (χ1n) is 6.74. The number of nitrogens with zero attached hydrogens (tertiary/aromatic N) is 1. The van der Waals surface area contributed by atoms with Crippen molar-refractivity contribution in [3.05, 3.63) is 34.9 Å².